The molecule has 0 N–H and O–H groups in total. The lowest BCUT2D eigenvalue weighted by molar-refractivity contribution is 0.304. The van der Waals surface area contributed by atoms with Crippen LogP contribution in [-0.4, -0.2) is 6.61 Å². The summed E-state index contributed by atoms with van der Waals surface area (Å²) in [7, 11) is 0. The number of unbranched alkanes of at least 4 members (excludes halogenated alkanes) is 5. The summed E-state index contributed by atoms with van der Waals surface area (Å²) >= 11 is 0. The van der Waals surface area contributed by atoms with E-state index in [9.17, 15) is 10.5 Å². The van der Waals surface area contributed by atoms with Crippen molar-refractivity contribution in [2.75, 3.05) is 6.61 Å². The van der Waals surface area contributed by atoms with E-state index in [-0.39, 0.29) is 0 Å². The predicted molar refractivity (Wildman–Crippen MR) is 140 cm³/mol. The monoisotopic (exact) mass is 456 g/mol. The predicted octanol–water partition coefficient (Wildman–Crippen LogP) is 8.91. The van der Waals surface area contributed by atoms with Crippen LogP contribution in [0.4, 0.5) is 0 Å². The van der Waals surface area contributed by atoms with Gasteiger partial charge in [0.25, 0.3) is 0 Å². The van der Waals surface area contributed by atoms with Crippen LogP contribution in [0.5, 0.6) is 5.75 Å². The van der Waals surface area contributed by atoms with E-state index >= 15 is 0 Å². The quantitative estimate of drug-likeness (QED) is 0.300. The third-order valence-electron chi connectivity index (χ3n) is 7.40. The number of hydrogen-bond donors (Lipinski definition) is 0. The minimum Gasteiger partial charge on any atom is -0.494 e. The summed E-state index contributed by atoms with van der Waals surface area (Å²) in [6.45, 7) is 5.22. The van der Waals surface area contributed by atoms with Gasteiger partial charge in [0.05, 0.1) is 17.7 Å². The zero-order valence-corrected chi connectivity index (χ0v) is 21.1. The Morgan fingerprint density at radius 2 is 1.44 bits per heavy atom. The molecule has 180 valence electrons. The molecule has 0 amide bonds. The molecule has 2 aromatic carbocycles. The van der Waals surface area contributed by atoms with Gasteiger partial charge in [0.15, 0.2) is 0 Å². The van der Waals surface area contributed by atoms with Gasteiger partial charge in [-0.25, -0.2) is 0 Å². The topological polar surface area (TPSA) is 56.8 Å². The van der Waals surface area contributed by atoms with Gasteiger partial charge < -0.3 is 4.74 Å². The van der Waals surface area contributed by atoms with Crippen molar-refractivity contribution in [1.29, 1.82) is 10.5 Å². The van der Waals surface area contributed by atoms with Crippen LogP contribution in [0.25, 0.3) is 11.1 Å². The number of benzene rings is 2. The highest BCUT2D eigenvalue weighted by atomic mass is 16.5. The van der Waals surface area contributed by atoms with E-state index in [1.54, 1.807) is 0 Å². The van der Waals surface area contributed by atoms with E-state index < -0.39 is 0 Å². The molecule has 1 aliphatic rings. The zero-order valence-electron chi connectivity index (χ0n) is 21.1. The smallest absolute Gasteiger partial charge is 0.119 e. The summed E-state index contributed by atoms with van der Waals surface area (Å²) in [5.41, 5.74) is 3.95. The van der Waals surface area contributed by atoms with Gasteiger partial charge in [-0.3, -0.25) is 0 Å². The molecular formula is C31H40N2O. The fourth-order valence-corrected chi connectivity index (χ4v) is 5.32. The van der Waals surface area contributed by atoms with Crippen LogP contribution in [0.15, 0.2) is 36.4 Å². The van der Waals surface area contributed by atoms with Crippen molar-refractivity contribution >= 4 is 0 Å². The first-order valence-electron chi connectivity index (χ1n) is 13.4. The summed E-state index contributed by atoms with van der Waals surface area (Å²) in [6, 6.07) is 16.8. The van der Waals surface area contributed by atoms with Gasteiger partial charge in [0, 0.05) is 5.56 Å². The van der Waals surface area contributed by atoms with E-state index in [2.05, 4.69) is 32.1 Å². The first-order chi connectivity index (χ1) is 16.7. The molecule has 3 nitrogen and oxygen atoms in total. The molecule has 0 bridgehead atoms. The van der Waals surface area contributed by atoms with Crippen LogP contribution >= 0.6 is 0 Å². The van der Waals surface area contributed by atoms with Gasteiger partial charge in [-0.2, -0.15) is 10.5 Å². The molecule has 0 aromatic heterocycles. The fourth-order valence-electron chi connectivity index (χ4n) is 5.32. The molecule has 1 aliphatic carbocycles. The second-order valence-electron chi connectivity index (χ2n) is 9.82. The summed E-state index contributed by atoms with van der Waals surface area (Å²) in [5, 5.41) is 20.0. The lowest BCUT2D eigenvalue weighted by atomic mass is 9.75. The molecule has 34 heavy (non-hydrogen) atoms. The second-order valence-corrected chi connectivity index (χ2v) is 9.82. The van der Waals surface area contributed by atoms with E-state index in [1.807, 2.05) is 30.3 Å². The highest BCUT2D eigenvalue weighted by Gasteiger charge is 2.26. The average molecular weight is 457 g/mol. The second kappa shape index (κ2) is 13.8. The molecule has 3 heteroatoms. The van der Waals surface area contributed by atoms with Gasteiger partial charge in [0.2, 0.25) is 0 Å². The number of nitriles is 2. The average Bonchev–Trinajstić information content (AvgIpc) is 2.89. The van der Waals surface area contributed by atoms with Crippen molar-refractivity contribution in [3.05, 3.63) is 53.1 Å². The highest BCUT2D eigenvalue weighted by Crippen LogP contribution is 2.41. The molecule has 0 radical (unpaired) electrons. The number of rotatable bonds is 12. The van der Waals surface area contributed by atoms with Crippen LogP contribution in [0, 0.1) is 28.6 Å². The van der Waals surface area contributed by atoms with Crippen LogP contribution in [0.2, 0.25) is 0 Å². The molecular weight excluding hydrogens is 416 g/mol. The maximum absolute atomic E-state index is 10.00. The van der Waals surface area contributed by atoms with Crippen molar-refractivity contribution in [3.63, 3.8) is 0 Å². The van der Waals surface area contributed by atoms with Gasteiger partial charge >= 0.3 is 0 Å². The third-order valence-corrected chi connectivity index (χ3v) is 7.40. The zero-order chi connectivity index (χ0) is 24.2. The molecule has 0 spiro atoms. The molecule has 1 saturated carbocycles. The summed E-state index contributed by atoms with van der Waals surface area (Å²) < 4.78 is 5.89. The Kier molecular flexibility index (Phi) is 10.5. The van der Waals surface area contributed by atoms with Crippen LogP contribution < -0.4 is 4.74 Å². The van der Waals surface area contributed by atoms with Crippen molar-refractivity contribution in [1.82, 2.24) is 0 Å². The highest BCUT2D eigenvalue weighted by molar-refractivity contribution is 5.75. The Labute approximate surface area is 206 Å². The molecule has 3 rings (SSSR count). The van der Waals surface area contributed by atoms with Crippen molar-refractivity contribution < 1.29 is 4.74 Å². The SMILES string of the molecule is CCCCCCCOc1ccc(-c2ccc([C@H]3CC[C@H](CCCC)CC3)c(C#N)c2C#N)cc1. The van der Waals surface area contributed by atoms with Crippen molar-refractivity contribution in [3.8, 4) is 29.0 Å². The number of nitrogens with zero attached hydrogens (tertiary/aromatic N) is 2. The van der Waals surface area contributed by atoms with Crippen LogP contribution in [0.3, 0.4) is 0 Å². The summed E-state index contributed by atoms with van der Waals surface area (Å²) in [4.78, 5) is 0. The fraction of sp³-hybridized carbons (Fsp3) is 0.548. The van der Waals surface area contributed by atoms with E-state index in [0.717, 1.165) is 54.2 Å². The summed E-state index contributed by atoms with van der Waals surface area (Å²) in [5.74, 6) is 2.07. The van der Waals surface area contributed by atoms with Crippen LogP contribution in [0.1, 0.15) is 114 Å². The van der Waals surface area contributed by atoms with E-state index in [4.69, 9.17) is 4.74 Å². The first kappa shape index (κ1) is 25.8. The molecule has 0 aliphatic heterocycles. The van der Waals surface area contributed by atoms with E-state index in [1.165, 1.54) is 57.8 Å². The van der Waals surface area contributed by atoms with Gasteiger partial charge in [0.1, 0.15) is 17.9 Å². The molecule has 0 saturated heterocycles. The Morgan fingerprint density at radius 3 is 2.09 bits per heavy atom. The standard InChI is InChI=1S/C31H40N2O/c1-3-5-7-8-9-21-34-27-17-15-26(16-18-27)29-20-19-28(30(22-32)31(29)23-33)25-13-11-24(12-14-25)10-6-4-2/h15-20,24-25H,3-14,21H2,1-2H3/t24-,25-. The van der Waals surface area contributed by atoms with E-state index in [0.29, 0.717) is 17.0 Å². The Hall–Kier alpha value is -2.78. The van der Waals surface area contributed by atoms with Crippen LogP contribution in [-0.2, 0) is 0 Å². The minimum absolute atomic E-state index is 0.391. The van der Waals surface area contributed by atoms with Crippen molar-refractivity contribution in [2.45, 2.75) is 96.8 Å². The Bertz CT molecular complexity index is 972. The normalized spacial score (nSPS) is 17.6. The number of hydrogen-bond acceptors (Lipinski definition) is 3. The van der Waals surface area contributed by atoms with Gasteiger partial charge in [-0.1, -0.05) is 83.1 Å². The van der Waals surface area contributed by atoms with Crippen molar-refractivity contribution in [2.24, 2.45) is 5.92 Å². The summed E-state index contributed by atoms with van der Waals surface area (Å²) in [6.07, 6.45) is 14.7. The largest absolute Gasteiger partial charge is 0.494 e. The lowest BCUT2D eigenvalue weighted by Gasteiger charge is -2.29. The minimum atomic E-state index is 0.391. The third kappa shape index (κ3) is 6.87. The number of ether oxygens (including phenoxy) is 1. The lowest BCUT2D eigenvalue weighted by Crippen LogP contribution is -2.15. The molecule has 0 heterocycles. The maximum Gasteiger partial charge on any atom is 0.119 e. The molecule has 0 unspecified atom stereocenters. The molecule has 1 fully saturated rings. The van der Waals surface area contributed by atoms with Gasteiger partial charge in [-0.05, 0) is 67.2 Å². The Morgan fingerprint density at radius 1 is 0.765 bits per heavy atom. The molecule has 2 aromatic rings. The maximum atomic E-state index is 10.00. The van der Waals surface area contributed by atoms with Gasteiger partial charge in [-0.15, -0.1) is 0 Å². The Balaban J connectivity index is 1.69. The molecule has 0 atom stereocenters. The first-order valence-corrected chi connectivity index (χ1v) is 13.4.